The van der Waals surface area contributed by atoms with Gasteiger partial charge in [0.15, 0.2) is 5.13 Å². The van der Waals surface area contributed by atoms with Crippen LogP contribution in [0.4, 0.5) is 27.1 Å². The van der Waals surface area contributed by atoms with Crippen LogP contribution in [0.25, 0.3) is 5.57 Å². The number of alkyl halides is 3. The second kappa shape index (κ2) is 5.52. The number of halogens is 5. The van der Waals surface area contributed by atoms with Crippen molar-refractivity contribution in [3.8, 4) is 0 Å². The highest BCUT2D eigenvalue weighted by atomic mass is 32.1. The predicted octanol–water partition coefficient (Wildman–Crippen LogP) is 4.40. The van der Waals surface area contributed by atoms with Crippen LogP contribution in [0.5, 0.6) is 0 Å². The Balaban J connectivity index is 3.24. The molecule has 0 aromatic carbocycles. The Hall–Kier alpha value is -1.70. The number of hydrogen-bond donors (Lipinski definition) is 1. The molecule has 19 heavy (non-hydrogen) atoms. The molecule has 1 aromatic rings. The fraction of sp³-hybridized carbons (Fsp3) is 0.182. The number of nitrogens with two attached hydrogens (primary N) is 1. The molecule has 0 saturated carbocycles. The molecule has 1 rings (SSSR count). The summed E-state index contributed by atoms with van der Waals surface area (Å²) in [6.07, 6.45) is -4.62. The fourth-order valence-corrected chi connectivity index (χ4v) is 1.85. The Bertz CT molecular complexity index is 554. The molecule has 0 unspecified atom stereocenters. The Labute approximate surface area is 109 Å². The van der Waals surface area contributed by atoms with E-state index >= 15 is 0 Å². The first-order valence-electron chi connectivity index (χ1n) is 4.84. The summed E-state index contributed by atoms with van der Waals surface area (Å²) in [5, 5.41) is 1.64. The molecule has 1 heterocycles. The van der Waals surface area contributed by atoms with Gasteiger partial charge in [0.1, 0.15) is 17.2 Å². The van der Waals surface area contributed by atoms with Crippen LogP contribution >= 0.6 is 11.3 Å². The zero-order valence-corrected chi connectivity index (χ0v) is 10.5. The quantitative estimate of drug-likeness (QED) is 0.663. The van der Waals surface area contributed by atoms with Crippen molar-refractivity contribution in [3.63, 3.8) is 0 Å². The van der Waals surface area contributed by atoms with Crippen molar-refractivity contribution < 1.29 is 22.0 Å². The molecule has 0 aliphatic rings. The van der Waals surface area contributed by atoms with Crippen LogP contribution in [0.15, 0.2) is 35.3 Å². The number of thiazole rings is 1. The SMILES string of the molecule is C=C(F)/C(=C(F)\C=C(/C)c1csc(N)n1)C(F)(F)F. The minimum atomic E-state index is -5.16. The third-order valence-corrected chi connectivity index (χ3v) is 2.74. The van der Waals surface area contributed by atoms with Crippen molar-refractivity contribution in [1.29, 1.82) is 0 Å². The lowest BCUT2D eigenvalue weighted by molar-refractivity contribution is -0.0925. The summed E-state index contributed by atoms with van der Waals surface area (Å²) < 4.78 is 63.4. The molecule has 104 valence electrons. The van der Waals surface area contributed by atoms with E-state index in [0.29, 0.717) is 6.08 Å². The van der Waals surface area contributed by atoms with Gasteiger partial charge < -0.3 is 5.73 Å². The van der Waals surface area contributed by atoms with E-state index in [1.165, 1.54) is 12.3 Å². The van der Waals surface area contributed by atoms with Gasteiger partial charge >= 0.3 is 6.18 Å². The van der Waals surface area contributed by atoms with Gasteiger partial charge in [-0.3, -0.25) is 0 Å². The van der Waals surface area contributed by atoms with E-state index in [0.717, 1.165) is 11.3 Å². The molecular weight excluding hydrogens is 287 g/mol. The lowest BCUT2D eigenvalue weighted by Gasteiger charge is -2.09. The van der Waals surface area contributed by atoms with E-state index in [2.05, 4.69) is 11.6 Å². The number of rotatable bonds is 3. The first-order valence-corrected chi connectivity index (χ1v) is 5.72. The average Bonchev–Trinajstić information content (AvgIpc) is 2.61. The predicted molar refractivity (Wildman–Crippen MR) is 64.6 cm³/mol. The lowest BCUT2D eigenvalue weighted by Crippen LogP contribution is -2.13. The minimum Gasteiger partial charge on any atom is -0.375 e. The molecule has 2 N–H and O–H groups in total. The Morgan fingerprint density at radius 1 is 1.42 bits per heavy atom. The number of allylic oxidation sites excluding steroid dienone is 5. The van der Waals surface area contributed by atoms with Gasteiger partial charge in [-0.1, -0.05) is 6.58 Å². The molecule has 1 aromatic heterocycles. The molecule has 0 aliphatic heterocycles. The van der Waals surface area contributed by atoms with Gasteiger partial charge in [-0.2, -0.15) is 13.2 Å². The molecule has 0 radical (unpaired) electrons. The molecule has 0 aliphatic carbocycles. The number of nitrogens with zero attached hydrogens (tertiary/aromatic N) is 1. The summed E-state index contributed by atoms with van der Waals surface area (Å²) in [5.41, 5.74) is 3.63. The summed E-state index contributed by atoms with van der Waals surface area (Å²) in [5.74, 6) is -3.64. The third kappa shape index (κ3) is 3.88. The fourth-order valence-electron chi connectivity index (χ4n) is 1.22. The first kappa shape index (κ1) is 15.4. The van der Waals surface area contributed by atoms with E-state index in [1.807, 2.05) is 0 Å². The zero-order chi connectivity index (χ0) is 14.8. The van der Waals surface area contributed by atoms with Gasteiger partial charge in [0.25, 0.3) is 0 Å². The molecule has 0 atom stereocenters. The number of hydrogen-bond acceptors (Lipinski definition) is 3. The van der Waals surface area contributed by atoms with Crippen LogP contribution in [0.1, 0.15) is 12.6 Å². The summed E-state index contributed by atoms with van der Waals surface area (Å²) in [6, 6.07) is 0. The van der Waals surface area contributed by atoms with Crippen molar-refractivity contribution in [2.24, 2.45) is 0 Å². The summed E-state index contributed by atoms with van der Waals surface area (Å²) in [4.78, 5) is 3.77. The Kier molecular flexibility index (Phi) is 4.46. The maximum Gasteiger partial charge on any atom is 0.422 e. The summed E-state index contributed by atoms with van der Waals surface area (Å²) in [6.45, 7) is 3.82. The van der Waals surface area contributed by atoms with Crippen molar-refractivity contribution in [2.45, 2.75) is 13.1 Å². The van der Waals surface area contributed by atoms with Crippen LogP contribution < -0.4 is 5.73 Å². The molecule has 0 fully saturated rings. The second-order valence-corrected chi connectivity index (χ2v) is 4.41. The van der Waals surface area contributed by atoms with E-state index in [1.54, 1.807) is 0 Å². The molecule has 2 nitrogen and oxygen atoms in total. The van der Waals surface area contributed by atoms with Crippen molar-refractivity contribution in [3.05, 3.63) is 41.0 Å². The van der Waals surface area contributed by atoms with Gasteiger partial charge in [-0.25, -0.2) is 13.8 Å². The van der Waals surface area contributed by atoms with Gasteiger partial charge in [0, 0.05) is 5.38 Å². The Morgan fingerprint density at radius 2 is 2.00 bits per heavy atom. The molecule has 0 saturated heterocycles. The Morgan fingerprint density at radius 3 is 2.37 bits per heavy atom. The van der Waals surface area contributed by atoms with Crippen molar-refractivity contribution in [1.82, 2.24) is 4.98 Å². The average molecular weight is 296 g/mol. The maximum atomic E-state index is 13.5. The first-order chi connectivity index (χ1) is 8.62. The smallest absolute Gasteiger partial charge is 0.375 e. The maximum absolute atomic E-state index is 13.5. The second-order valence-electron chi connectivity index (χ2n) is 3.52. The van der Waals surface area contributed by atoms with Gasteiger partial charge in [-0.15, -0.1) is 11.3 Å². The van der Waals surface area contributed by atoms with Crippen molar-refractivity contribution in [2.75, 3.05) is 5.73 Å². The normalized spacial score (nSPS) is 14.3. The van der Waals surface area contributed by atoms with E-state index < -0.39 is 23.4 Å². The standard InChI is InChI=1S/C11H9F5N2S/c1-5(8-4-19-10(17)18-8)3-7(13)9(6(2)12)11(14,15)16/h3-4H,2H2,1H3,(H2,17,18)/b5-3+,9-7-. The van der Waals surface area contributed by atoms with Crippen molar-refractivity contribution >= 4 is 22.0 Å². The molecule has 8 heteroatoms. The summed E-state index contributed by atoms with van der Waals surface area (Å²) in [7, 11) is 0. The van der Waals surface area contributed by atoms with Crippen LogP contribution in [-0.2, 0) is 0 Å². The number of nitrogen functional groups attached to an aromatic ring is 1. The number of anilines is 1. The highest BCUT2D eigenvalue weighted by Gasteiger charge is 2.39. The summed E-state index contributed by atoms with van der Waals surface area (Å²) >= 11 is 1.05. The topological polar surface area (TPSA) is 38.9 Å². The largest absolute Gasteiger partial charge is 0.422 e. The third-order valence-electron chi connectivity index (χ3n) is 2.06. The highest BCUT2D eigenvalue weighted by Crippen LogP contribution is 2.35. The van der Waals surface area contributed by atoms with Gasteiger partial charge in [0.2, 0.25) is 0 Å². The molecule has 0 spiro atoms. The van der Waals surface area contributed by atoms with Crippen LogP contribution in [0, 0.1) is 0 Å². The van der Waals surface area contributed by atoms with Crippen LogP contribution in [0.3, 0.4) is 0 Å². The monoisotopic (exact) mass is 296 g/mol. The van der Waals surface area contributed by atoms with Crippen LogP contribution in [0.2, 0.25) is 0 Å². The number of aromatic nitrogens is 1. The van der Waals surface area contributed by atoms with Gasteiger partial charge in [0.05, 0.1) is 5.69 Å². The van der Waals surface area contributed by atoms with Gasteiger partial charge in [-0.05, 0) is 18.6 Å². The minimum absolute atomic E-state index is 0.0912. The van der Waals surface area contributed by atoms with E-state index in [-0.39, 0.29) is 16.4 Å². The van der Waals surface area contributed by atoms with Crippen LogP contribution in [-0.4, -0.2) is 11.2 Å². The highest BCUT2D eigenvalue weighted by molar-refractivity contribution is 7.13. The molecule has 0 bridgehead atoms. The zero-order valence-electron chi connectivity index (χ0n) is 9.68. The van der Waals surface area contributed by atoms with E-state index in [4.69, 9.17) is 5.73 Å². The molecule has 0 amide bonds. The lowest BCUT2D eigenvalue weighted by atomic mass is 10.1. The molecular formula is C11H9F5N2S. The van der Waals surface area contributed by atoms with E-state index in [9.17, 15) is 22.0 Å².